The summed E-state index contributed by atoms with van der Waals surface area (Å²) in [5, 5.41) is 2.87. The lowest BCUT2D eigenvalue weighted by Gasteiger charge is -2.14. The Morgan fingerprint density at radius 2 is 1.89 bits per heavy atom. The monoisotopic (exact) mass is 381 g/mol. The molecular weight excluding hydrogens is 358 g/mol. The van der Waals surface area contributed by atoms with Crippen molar-refractivity contribution in [3.63, 3.8) is 0 Å². The van der Waals surface area contributed by atoms with Crippen LogP contribution in [-0.2, 0) is 17.9 Å². The second-order valence-corrected chi connectivity index (χ2v) is 6.32. The van der Waals surface area contributed by atoms with E-state index < -0.39 is 0 Å². The van der Waals surface area contributed by atoms with Crippen LogP contribution in [0.4, 0.5) is 0 Å². The number of amides is 1. The van der Waals surface area contributed by atoms with Gasteiger partial charge in [-0.3, -0.25) is 9.59 Å². The molecule has 1 N–H and O–H groups in total. The molecule has 3 rings (SSSR count). The van der Waals surface area contributed by atoms with E-state index in [2.05, 4.69) is 10.3 Å². The molecular formula is C21H23N3O4. The number of carbonyl (C=O) groups excluding carboxylic acids is 1. The first-order valence-corrected chi connectivity index (χ1v) is 8.98. The van der Waals surface area contributed by atoms with Gasteiger partial charge in [-0.25, -0.2) is 4.98 Å². The maximum absolute atomic E-state index is 12.5. The molecule has 0 fully saturated rings. The molecule has 28 heavy (non-hydrogen) atoms. The molecule has 7 nitrogen and oxygen atoms in total. The average Bonchev–Trinajstić information content (AvgIpc) is 2.72. The predicted molar refractivity (Wildman–Crippen MR) is 107 cm³/mol. The van der Waals surface area contributed by atoms with Gasteiger partial charge in [0.05, 0.1) is 25.3 Å². The third-order valence-corrected chi connectivity index (χ3v) is 4.54. The van der Waals surface area contributed by atoms with Crippen LogP contribution in [0, 0.1) is 6.92 Å². The first-order chi connectivity index (χ1) is 13.5. The number of carbonyl (C=O) groups is 1. The van der Waals surface area contributed by atoms with Crippen molar-refractivity contribution in [2.45, 2.75) is 26.4 Å². The standard InChI is InChI=1S/C21H23N3O4/c1-14-21(26)24(17-9-5-4-8-16(17)23-14)12-11-19(25)22-13-15-7-6-10-18(27-2)20(15)28-3/h4-10H,11-13H2,1-3H3,(H,22,25). The Kier molecular flexibility index (Phi) is 5.93. The molecule has 0 saturated heterocycles. The minimum Gasteiger partial charge on any atom is -0.493 e. The first kappa shape index (κ1) is 19.4. The lowest BCUT2D eigenvalue weighted by Crippen LogP contribution is -2.29. The van der Waals surface area contributed by atoms with Crippen LogP contribution < -0.4 is 20.3 Å². The lowest BCUT2D eigenvalue weighted by molar-refractivity contribution is -0.121. The van der Waals surface area contributed by atoms with Gasteiger partial charge in [0.1, 0.15) is 5.69 Å². The highest BCUT2D eigenvalue weighted by molar-refractivity contribution is 5.77. The number of nitrogens with zero attached hydrogens (tertiary/aromatic N) is 2. The summed E-state index contributed by atoms with van der Waals surface area (Å²) < 4.78 is 12.3. The maximum atomic E-state index is 12.5. The smallest absolute Gasteiger partial charge is 0.272 e. The van der Waals surface area contributed by atoms with Crippen molar-refractivity contribution in [2.75, 3.05) is 14.2 Å². The van der Waals surface area contributed by atoms with Crippen LogP contribution in [0.25, 0.3) is 11.0 Å². The first-order valence-electron chi connectivity index (χ1n) is 8.98. The van der Waals surface area contributed by atoms with E-state index in [9.17, 15) is 9.59 Å². The van der Waals surface area contributed by atoms with Crippen molar-refractivity contribution >= 4 is 16.9 Å². The summed E-state index contributed by atoms with van der Waals surface area (Å²) in [5.41, 5.74) is 2.51. The van der Waals surface area contributed by atoms with Crippen LogP contribution in [0.5, 0.6) is 11.5 Å². The molecule has 0 aliphatic heterocycles. The van der Waals surface area contributed by atoms with Crippen LogP contribution in [0.2, 0.25) is 0 Å². The summed E-state index contributed by atoms with van der Waals surface area (Å²) >= 11 is 0. The number of nitrogens with one attached hydrogen (secondary N) is 1. The quantitative estimate of drug-likeness (QED) is 0.680. The highest BCUT2D eigenvalue weighted by Crippen LogP contribution is 2.30. The normalized spacial score (nSPS) is 10.7. The summed E-state index contributed by atoms with van der Waals surface area (Å²) in [6.45, 7) is 2.27. The Balaban J connectivity index is 1.70. The number of rotatable bonds is 7. The molecule has 7 heteroatoms. The number of ether oxygens (including phenoxy) is 2. The SMILES string of the molecule is COc1cccc(CNC(=O)CCn2c(=O)c(C)nc3ccccc32)c1OC. The summed E-state index contributed by atoms with van der Waals surface area (Å²) in [7, 11) is 3.13. The molecule has 0 spiro atoms. The molecule has 1 amide bonds. The number of methoxy groups -OCH3 is 2. The molecule has 2 aromatic carbocycles. The van der Waals surface area contributed by atoms with Gasteiger partial charge in [-0.1, -0.05) is 24.3 Å². The minimum atomic E-state index is -0.180. The van der Waals surface area contributed by atoms with E-state index in [-0.39, 0.29) is 24.4 Å². The molecule has 3 aromatic rings. The zero-order valence-electron chi connectivity index (χ0n) is 16.2. The van der Waals surface area contributed by atoms with E-state index in [1.165, 1.54) is 0 Å². The third kappa shape index (κ3) is 3.98. The van der Waals surface area contributed by atoms with Crippen molar-refractivity contribution in [1.82, 2.24) is 14.9 Å². The molecule has 1 aromatic heterocycles. The van der Waals surface area contributed by atoms with E-state index in [4.69, 9.17) is 9.47 Å². The predicted octanol–water partition coefficient (Wildman–Crippen LogP) is 2.43. The molecule has 146 valence electrons. The molecule has 0 aliphatic rings. The van der Waals surface area contributed by atoms with Gasteiger partial charge in [0, 0.05) is 25.1 Å². The molecule has 0 aliphatic carbocycles. The maximum Gasteiger partial charge on any atom is 0.272 e. The van der Waals surface area contributed by atoms with Crippen molar-refractivity contribution in [3.05, 3.63) is 64.1 Å². The Morgan fingerprint density at radius 1 is 1.11 bits per heavy atom. The third-order valence-electron chi connectivity index (χ3n) is 4.54. The van der Waals surface area contributed by atoms with Gasteiger partial charge in [0.15, 0.2) is 11.5 Å². The van der Waals surface area contributed by atoms with Crippen LogP contribution >= 0.6 is 0 Å². The number of hydrogen-bond donors (Lipinski definition) is 1. The van der Waals surface area contributed by atoms with E-state index in [1.54, 1.807) is 31.8 Å². The highest BCUT2D eigenvalue weighted by atomic mass is 16.5. The minimum absolute atomic E-state index is 0.157. The molecule has 0 radical (unpaired) electrons. The fourth-order valence-corrected chi connectivity index (χ4v) is 3.13. The number of hydrogen-bond acceptors (Lipinski definition) is 5. The number of fused-ring (bicyclic) bond motifs is 1. The van der Waals surface area contributed by atoms with Gasteiger partial charge in [-0.15, -0.1) is 0 Å². The number of para-hydroxylation sites is 3. The van der Waals surface area contributed by atoms with E-state index in [0.29, 0.717) is 23.7 Å². The summed E-state index contributed by atoms with van der Waals surface area (Å²) in [5.74, 6) is 1.05. The van der Waals surface area contributed by atoms with Gasteiger partial charge in [-0.05, 0) is 25.1 Å². The fourth-order valence-electron chi connectivity index (χ4n) is 3.13. The van der Waals surface area contributed by atoms with Crippen molar-refractivity contribution < 1.29 is 14.3 Å². The van der Waals surface area contributed by atoms with E-state index in [1.807, 2.05) is 36.4 Å². The average molecular weight is 381 g/mol. The van der Waals surface area contributed by atoms with Crippen molar-refractivity contribution in [3.8, 4) is 11.5 Å². The number of benzene rings is 2. The Hall–Kier alpha value is -3.35. The van der Waals surface area contributed by atoms with Crippen LogP contribution in [0.1, 0.15) is 17.7 Å². The van der Waals surface area contributed by atoms with Crippen LogP contribution in [0.15, 0.2) is 47.3 Å². The number of aromatic nitrogens is 2. The van der Waals surface area contributed by atoms with E-state index in [0.717, 1.165) is 16.6 Å². The lowest BCUT2D eigenvalue weighted by atomic mass is 10.2. The fraction of sp³-hybridized carbons (Fsp3) is 0.286. The molecule has 0 atom stereocenters. The summed E-state index contributed by atoms with van der Waals surface area (Å²) in [4.78, 5) is 29.1. The Morgan fingerprint density at radius 3 is 2.64 bits per heavy atom. The van der Waals surface area contributed by atoms with E-state index >= 15 is 0 Å². The zero-order chi connectivity index (χ0) is 20.1. The summed E-state index contributed by atoms with van der Waals surface area (Å²) in [6, 6.07) is 12.9. The van der Waals surface area contributed by atoms with Crippen LogP contribution in [0.3, 0.4) is 0 Å². The second-order valence-electron chi connectivity index (χ2n) is 6.32. The van der Waals surface area contributed by atoms with Crippen molar-refractivity contribution in [1.29, 1.82) is 0 Å². The molecule has 0 unspecified atom stereocenters. The molecule has 0 saturated carbocycles. The van der Waals surface area contributed by atoms with Gasteiger partial charge in [0.25, 0.3) is 5.56 Å². The van der Waals surface area contributed by atoms with Crippen molar-refractivity contribution in [2.24, 2.45) is 0 Å². The number of aryl methyl sites for hydroxylation is 2. The van der Waals surface area contributed by atoms with Gasteiger partial charge < -0.3 is 19.4 Å². The summed E-state index contributed by atoms with van der Waals surface area (Å²) in [6.07, 6.45) is 0.180. The topological polar surface area (TPSA) is 82.5 Å². The van der Waals surface area contributed by atoms with Gasteiger partial charge >= 0.3 is 0 Å². The second kappa shape index (κ2) is 8.56. The zero-order valence-corrected chi connectivity index (χ0v) is 16.2. The Bertz CT molecular complexity index is 1060. The van der Waals surface area contributed by atoms with Crippen LogP contribution in [-0.4, -0.2) is 29.7 Å². The van der Waals surface area contributed by atoms with Gasteiger partial charge in [0.2, 0.25) is 5.91 Å². The largest absolute Gasteiger partial charge is 0.493 e. The van der Waals surface area contributed by atoms with Gasteiger partial charge in [-0.2, -0.15) is 0 Å². The highest BCUT2D eigenvalue weighted by Gasteiger charge is 2.12. The molecule has 1 heterocycles. The Labute approximate surface area is 162 Å². The molecule has 0 bridgehead atoms.